The lowest BCUT2D eigenvalue weighted by atomic mass is 10.5. The molecule has 96 valence electrons. The summed E-state index contributed by atoms with van der Waals surface area (Å²) in [6.45, 7) is 2.93. The highest BCUT2D eigenvalue weighted by molar-refractivity contribution is 7.99. The molecule has 0 bridgehead atoms. The molecule has 0 fully saturated rings. The van der Waals surface area contributed by atoms with Crippen LogP contribution in [-0.2, 0) is 7.05 Å². The maximum atomic E-state index is 6.09. The normalized spacial score (nSPS) is 10.6. The number of aryl methyl sites for hydroxylation is 1. The lowest BCUT2D eigenvalue weighted by Gasteiger charge is -2.06. The van der Waals surface area contributed by atoms with E-state index in [1.165, 1.54) is 11.8 Å². The minimum Gasteiger partial charge on any atom is -0.354 e. The number of hydrogen-bond donors (Lipinski definition) is 1. The molecule has 7 heteroatoms. The predicted octanol–water partition coefficient (Wildman–Crippen LogP) is 2.84. The van der Waals surface area contributed by atoms with Gasteiger partial charge in [-0.25, -0.2) is 15.0 Å². The van der Waals surface area contributed by atoms with Crippen molar-refractivity contribution in [3.05, 3.63) is 23.6 Å². The van der Waals surface area contributed by atoms with Crippen molar-refractivity contribution in [2.75, 3.05) is 11.9 Å². The van der Waals surface area contributed by atoms with E-state index in [-0.39, 0.29) is 0 Å². The Kier molecular flexibility index (Phi) is 4.43. The van der Waals surface area contributed by atoms with E-state index in [0.717, 1.165) is 18.1 Å². The van der Waals surface area contributed by atoms with Gasteiger partial charge in [0, 0.05) is 26.0 Å². The lowest BCUT2D eigenvalue weighted by Crippen LogP contribution is -2.04. The molecule has 18 heavy (non-hydrogen) atoms. The van der Waals surface area contributed by atoms with Crippen LogP contribution in [0.3, 0.4) is 0 Å². The molecular weight excluding hydrogens is 270 g/mol. The summed E-state index contributed by atoms with van der Waals surface area (Å²) < 4.78 is 1.92. The van der Waals surface area contributed by atoms with Crippen LogP contribution in [0.1, 0.15) is 13.3 Å². The van der Waals surface area contributed by atoms with E-state index in [1.54, 1.807) is 12.4 Å². The molecule has 0 spiro atoms. The molecule has 0 aliphatic carbocycles. The fourth-order valence-electron chi connectivity index (χ4n) is 1.28. The van der Waals surface area contributed by atoms with E-state index in [1.807, 2.05) is 17.8 Å². The Morgan fingerprint density at radius 2 is 2.28 bits per heavy atom. The van der Waals surface area contributed by atoms with Crippen LogP contribution in [-0.4, -0.2) is 26.1 Å². The number of hydrogen-bond acceptors (Lipinski definition) is 5. The Morgan fingerprint density at radius 1 is 1.44 bits per heavy atom. The van der Waals surface area contributed by atoms with Crippen LogP contribution in [0, 0.1) is 0 Å². The molecule has 0 radical (unpaired) electrons. The van der Waals surface area contributed by atoms with Crippen LogP contribution >= 0.6 is 23.4 Å². The first-order valence-electron chi connectivity index (χ1n) is 5.62. The first-order valence-corrected chi connectivity index (χ1v) is 6.81. The predicted molar refractivity (Wildman–Crippen MR) is 73.2 cm³/mol. The highest BCUT2D eigenvalue weighted by Crippen LogP contribution is 2.30. The number of anilines is 1. The second-order valence-corrected chi connectivity index (χ2v) is 5.06. The fourth-order valence-corrected chi connectivity index (χ4v) is 2.26. The molecule has 5 nitrogen and oxygen atoms in total. The second-order valence-electron chi connectivity index (χ2n) is 3.70. The topological polar surface area (TPSA) is 55.6 Å². The van der Waals surface area contributed by atoms with Gasteiger partial charge in [-0.3, -0.25) is 0 Å². The molecule has 1 N–H and O–H groups in total. The van der Waals surface area contributed by atoms with Crippen molar-refractivity contribution < 1.29 is 0 Å². The lowest BCUT2D eigenvalue weighted by molar-refractivity contribution is 0.788. The van der Waals surface area contributed by atoms with E-state index < -0.39 is 0 Å². The molecule has 0 amide bonds. The summed E-state index contributed by atoms with van der Waals surface area (Å²) in [6.07, 6.45) is 6.26. The van der Waals surface area contributed by atoms with Crippen LogP contribution < -0.4 is 5.32 Å². The number of nitrogens with zero attached hydrogens (tertiary/aromatic N) is 4. The first-order chi connectivity index (χ1) is 8.70. The average Bonchev–Trinajstić information content (AvgIpc) is 2.76. The van der Waals surface area contributed by atoms with Gasteiger partial charge >= 0.3 is 0 Å². The third kappa shape index (κ3) is 3.14. The monoisotopic (exact) mass is 283 g/mol. The summed E-state index contributed by atoms with van der Waals surface area (Å²) in [5, 5.41) is 5.22. The maximum Gasteiger partial charge on any atom is 0.223 e. The Hall–Kier alpha value is -1.27. The Labute approximate surface area is 115 Å². The van der Waals surface area contributed by atoms with Crippen LogP contribution in [0.4, 0.5) is 5.95 Å². The molecule has 2 aromatic heterocycles. The Bertz CT molecular complexity index is 528. The number of rotatable bonds is 5. The summed E-state index contributed by atoms with van der Waals surface area (Å²) in [5.74, 6) is 0.595. The van der Waals surface area contributed by atoms with Gasteiger partial charge in [0.25, 0.3) is 0 Å². The molecule has 0 aliphatic heterocycles. The fraction of sp³-hybridized carbons (Fsp3) is 0.364. The number of nitrogens with one attached hydrogen (secondary N) is 1. The molecule has 2 heterocycles. The van der Waals surface area contributed by atoms with Crippen molar-refractivity contribution in [3.63, 3.8) is 0 Å². The Balaban J connectivity index is 2.18. The quantitative estimate of drug-likeness (QED) is 0.855. The van der Waals surface area contributed by atoms with E-state index in [0.29, 0.717) is 16.0 Å². The summed E-state index contributed by atoms with van der Waals surface area (Å²) in [7, 11) is 1.93. The van der Waals surface area contributed by atoms with E-state index in [2.05, 4.69) is 27.2 Å². The zero-order valence-corrected chi connectivity index (χ0v) is 11.8. The van der Waals surface area contributed by atoms with E-state index in [4.69, 9.17) is 11.6 Å². The SMILES string of the molecule is CCCNc1ncc(Cl)c(Sc2nccn2C)n1. The van der Waals surface area contributed by atoms with Crippen molar-refractivity contribution in [3.8, 4) is 0 Å². The van der Waals surface area contributed by atoms with Gasteiger partial charge in [-0.1, -0.05) is 18.5 Å². The standard InChI is InChI=1S/C11H14ClN5S/c1-3-4-13-10-15-7-8(12)9(16-10)18-11-14-5-6-17(11)2/h5-7H,3-4H2,1-2H3,(H,13,15,16). The first kappa shape index (κ1) is 13.2. The molecule has 0 aliphatic rings. The van der Waals surface area contributed by atoms with E-state index in [9.17, 15) is 0 Å². The largest absolute Gasteiger partial charge is 0.354 e. The van der Waals surface area contributed by atoms with Crippen LogP contribution in [0.25, 0.3) is 0 Å². The smallest absolute Gasteiger partial charge is 0.223 e. The minimum absolute atomic E-state index is 0.532. The highest BCUT2D eigenvalue weighted by atomic mass is 35.5. The number of halogens is 1. The molecule has 0 aromatic carbocycles. The van der Waals surface area contributed by atoms with E-state index >= 15 is 0 Å². The zero-order valence-electron chi connectivity index (χ0n) is 10.2. The van der Waals surface area contributed by atoms with Crippen LogP contribution in [0.15, 0.2) is 28.8 Å². The minimum atomic E-state index is 0.532. The van der Waals surface area contributed by atoms with Crippen LogP contribution in [0.2, 0.25) is 5.02 Å². The average molecular weight is 284 g/mol. The van der Waals surface area contributed by atoms with Crippen molar-refractivity contribution >= 4 is 29.3 Å². The van der Waals surface area contributed by atoms with Crippen molar-refractivity contribution in [1.29, 1.82) is 0 Å². The molecule has 0 saturated carbocycles. The molecule has 0 unspecified atom stereocenters. The van der Waals surface area contributed by atoms with Gasteiger partial charge < -0.3 is 9.88 Å². The summed E-state index contributed by atoms with van der Waals surface area (Å²) >= 11 is 7.51. The van der Waals surface area contributed by atoms with Gasteiger partial charge in [-0.2, -0.15) is 0 Å². The second kappa shape index (κ2) is 6.06. The number of imidazole rings is 1. The highest BCUT2D eigenvalue weighted by Gasteiger charge is 2.10. The summed E-state index contributed by atoms with van der Waals surface area (Å²) in [6, 6.07) is 0. The van der Waals surface area contributed by atoms with Crippen molar-refractivity contribution in [2.45, 2.75) is 23.5 Å². The van der Waals surface area contributed by atoms with Gasteiger partial charge in [0.05, 0.1) is 11.2 Å². The molecule has 2 rings (SSSR count). The zero-order chi connectivity index (χ0) is 13.0. The van der Waals surface area contributed by atoms with Gasteiger partial charge in [0.1, 0.15) is 5.03 Å². The summed E-state index contributed by atoms with van der Waals surface area (Å²) in [5.41, 5.74) is 0. The molecule has 0 atom stereocenters. The summed E-state index contributed by atoms with van der Waals surface area (Å²) in [4.78, 5) is 12.7. The van der Waals surface area contributed by atoms with Gasteiger partial charge in [0.15, 0.2) is 5.16 Å². The van der Waals surface area contributed by atoms with Gasteiger partial charge in [0.2, 0.25) is 5.95 Å². The van der Waals surface area contributed by atoms with Crippen molar-refractivity contribution in [1.82, 2.24) is 19.5 Å². The third-order valence-corrected chi connectivity index (χ3v) is 3.68. The number of aromatic nitrogens is 4. The Morgan fingerprint density at radius 3 is 2.94 bits per heavy atom. The van der Waals surface area contributed by atoms with Crippen molar-refractivity contribution in [2.24, 2.45) is 7.05 Å². The molecule has 2 aromatic rings. The maximum absolute atomic E-state index is 6.09. The third-order valence-electron chi connectivity index (χ3n) is 2.21. The van der Waals surface area contributed by atoms with Gasteiger partial charge in [-0.15, -0.1) is 0 Å². The van der Waals surface area contributed by atoms with Gasteiger partial charge in [-0.05, 0) is 18.2 Å². The van der Waals surface area contributed by atoms with Crippen LogP contribution in [0.5, 0.6) is 0 Å². The molecular formula is C11H14ClN5S. The molecule has 0 saturated heterocycles.